The van der Waals surface area contributed by atoms with Crippen LogP contribution in [0.3, 0.4) is 0 Å². The standard InChI is InChI=1S/C12H18N4O2S/c1-8(2)4-10-14-11(18-15-10)7-19-12-13-5-9(6-17)16(12)3/h5,8,17H,4,6-7H2,1-3H3. The topological polar surface area (TPSA) is 77.0 Å². The van der Waals surface area contributed by atoms with E-state index in [0.717, 1.165) is 23.1 Å². The van der Waals surface area contributed by atoms with E-state index in [0.29, 0.717) is 17.6 Å². The van der Waals surface area contributed by atoms with Crippen LogP contribution in [0.25, 0.3) is 0 Å². The summed E-state index contributed by atoms with van der Waals surface area (Å²) in [5.74, 6) is 2.45. The molecule has 0 fully saturated rings. The zero-order valence-electron chi connectivity index (χ0n) is 11.3. The van der Waals surface area contributed by atoms with Crippen molar-refractivity contribution in [1.29, 1.82) is 0 Å². The van der Waals surface area contributed by atoms with Crippen molar-refractivity contribution in [3.05, 3.63) is 23.6 Å². The fourth-order valence-corrected chi connectivity index (χ4v) is 2.44. The first-order valence-electron chi connectivity index (χ1n) is 6.16. The fraction of sp³-hybridized carbons (Fsp3) is 0.583. The number of rotatable bonds is 6. The van der Waals surface area contributed by atoms with Crippen LogP contribution < -0.4 is 0 Å². The van der Waals surface area contributed by atoms with Crippen LogP contribution in [0.5, 0.6) is 0 Å². The minimum atomic E-state index is -0.0108. The Morgan fingerprint density at radius 1 is 1.47 bits per heavy atom. The quantitative estimate of drug-likeness (QED) is 0.814. The van der Waals surface area contributed by atoms with Crippen LogP contribution in [-0.2, 0) is 25.8 Å². The first kappa shape index (κ1) is 14.1. The van der Waals surface area contributed by atoms with Crippen LogP contribution >= 0.6 is 11.8 Å². The number of thioether (sulfide) groups is 1. The number of aromatic nitrogens is 4. The zero-order chi connectivity index (χ0) is 13.8. The van der Waals surface area contributed by atoms with Gasteiger partial charge in [-0.15, -0.1) is 0 Å². The predicted octanol–water partition coefficient (Wildman–Crippen LogP) is 1.79. The van der Waals surface area contributed by atoms with Crippen LogP contribution in [0.2, 0.25) is 0 Å². The van der Waals surface area contributed by atoms with Gasteiger partial charge in [0, 0.05) is 13.5 Å². The lowest BCUT2D eigenvalue weighted by molar-refractivity contribution is 0.271. The molecule has 0 radical (unpaired) electrons. The van der Waals surface area contributed by atoms with E-state index in [1.807, 2.05) is 11.6 Å². The summed E-state index contributed by atoms with van der Waals surface area (Å²) < 4.78 is 7.05. The van der Waals surface area contributed by atoms with Crippen molar-refractivity contribution in [2.24, 2.45) is 13.0 Å². The van der Waals surface area contributed by atoms with Crippen molar-refractivity contribution in [3.8, 4) is 0 Å². The summed E-state index contributed by atoms with van der Waals surface area (Å²) >= 11 is 1.51. The maximum absolute atomic E-state index is 9.09. The largest absolute Gasteiger partial charge is 0.390 e. The van der Waals surface area contributed by atoms with Gasteiger partial charge in [-0.2, -0.15) is 4.98 Å². The van der Waals surface area contributed by atoms with Gasteiger partial charge in [0.1, 0.15) is 0 Å². The monoisotopic (exact) mass is 282 g/mol. The molecule has 0 bridgehead atoms. The number of hydrogen-bond acceptors (Lipinski definition) is 6. The van der Waals surface area contributed by atoms with E-state index in [1.54, 1.807) is 6.20 Å². The van der Waals surface area contributed by atoms with Gasteiger partial charge in [-0.3, -0.25) is 0 Å². The first-order chi connectivity index (χ1) is 9.10. The molecule has 0 unspecified atom stereocenters. The maximum Gasteiger partial charge on any atom is 0.237 e. The highest BCUT2D eigenvalue weighted by Gasteiger charge is 2.11. The highest BCUT2D eigenvalue weighted by atomic mass is 32.2. The molecule has 19 heavy (non-hydrogen) atoms. The molecule has 0 spiro atoms. The summed E-state index contributed by atoms with van der Waals surface area (Å²) in [6.45, 7) is 4.23. The molecule has 0 aliphatic rings. The highest BCUT2D eigenvalue weighted by Crippen LogP contribution is 2.21. The molecule has 0 saturated heterocycles. The molecule has 0 aliphatic heterocycles. The first-order valence-corrected chi connectivity index (χ1v) is 7.14. The second-order valence-electron chi connectivity index (χ2n) is 4.74. The summed E-state index contributed by atoms with van der Waals surface area (Å²) in [6, 6.07) is 0. The molecule has 2 aromatic rings. The van der Waals surface area contributed by atoms with Crippen molar-refractivity contribution in [2.45, 2.75) is 37.8 Å². The molecule has 2 rings (SSSR count). The third kappa shape index (κ3) is 3.57. The van der Waals surface area contributed by atoms with Gasteiger partial charge in [0.05, 0.1) is 24.3 Å². The number of imidazole rings is 1. The van der Waals surface area contributed by atoms with Crippen LogP contribution in [-0.4, -0.2) is 24.8 Å². The van der Waals surface area contributed by atoms with Crippen molar-refractivity contribution in [3.63, 3.8) is 0 Å². The van der Waals surface area contributed by atoms with Gasteiger partial charge in [-0.25, -0.2) is 4.98 Å². The second kappa shape index (κ2) is 6.21. The average molecular weight is 282 g/mol. The summed E-state index contributed by atoms with van der Waals surface area (Å²) in [5, 5.41) is 13.9. The average Bonchev–Trinajstić information content (AvgIpc) is 2.93. The van der Waals surface area contributed by atoms with E-state index in [4.69, 9.17) is 9.63 Å². The van der Waals surface area contributed by atoms with Crippen molar-refractivity contribution in [2.75, 3.05) is 0 Å². The molecule has 7 heteroatoms. The Hall–Kier alpha value is -1.34. The molecule has 6 nitrogen and oxygen atoms in total. The lowest BCUT2D eigenvalue weighted by atomic mass is 10.1. The molecule has 0 amide bonds. The van der Waals surface area contributed by atoms with Crippen molar-refractivity contribution in [1.82, 2.24) is 19.7 Å². The normalized spacial score (nSPS) is 11.4. The van der Waals surface area contributed by atoms with E-state index in [9.17, 15) is 0 Å². The molecule has 1 N–H and O–H groups in total. The van der Waals surface area contributed by atoms with Gasteiger partial charge in [0.2, 0.25) is 5.89 Å². The summed E-state index contributed by atoms with van der Waals surface area (Å²) in [7, 11) is 1.87. The Morgan fingerprint density at radius 3 is 2.89 bits per heavy atom. The lowest BCUT2D eigenvalue weighted by Crippen LogP contribution is -1.98. The van der Waals surface area contributed by atoms with Crippen LogP contribution in [0.4, 0.5) is 0 Å². The third-order valence-electron chi connectivity index (χ3n) is 2.63. The minimum Gasteiger partial charge on any atom is -0.390 e. The Morgan fingerprint density at radius 2 is 2.26 bits per heavy atom. The summed E-state index contributed by atoms with van der Waals surface area (Å²) in [5.41, 5.74) is 0.786. The van der Waals surface area contributed by atoms with Crippen molar-refractivity contribution >= 4 is 11.8 Å². The molecule has 0 aromatic carbocycles. The number of nitrogens with zero attached hydrogens (tertiary/aromatic N) is 4. The van der Waals surface area contributed by atoms with Crippen LogP contribution in [0.1, 0.15) is 31.3 Å². The SMILES string of the molecule is CC(C)Cc1noc(CSc2ncc(CO)n2C)n1. The van der Waals surface area contributed by atoms with Gasteiger partial charge in [-0.1, -0.05) is 30.8 Å². The van der Waals surface area contributed by atoms with Crippen LogP contribution in [0, 0.1) is 5.92 Å². The molecule has 0 saturated carbocycles. The Labute approximate surface area is 116 Å². The predicted molar refractivity (Wildman–Crippen MR) is 71.5 cm³/mol. The highest BCUT2D eigenvalue weighted by molar-refractivity contribution is 7.98. The molecule has 2 heterocycles. The van der Waals surface area contributed by atoms with E-state index in [-0.39, 0.29) is 6.61 Å². The molecule has 0 aliphatic carbocycles. The van der Waals surface area contributed by atoms with Gasteiger partial charge < -0.3 is 14.2 Å². The van der Waals surface area contributed by atoms with Gasteiger partial charge >= 0.3 is 0 Å². The molecule has 104 valence electrons. The van der Waals surface area contributed by atoms with E-state index in [1.165, 1.54) is 11.8 Å². The lowest BCUT2D eigenvalue weighted by Gasteiger charge is -2.01. The van der Waals surface area contributed by atoms with E-state index >= 15 is 0 Å². The zero-order valence-corrected chi connectivity index (χ0v) is 12.1. The maximum atomic E-state index is 9.09. The van der Waals surface area contributed by atoms with Gasteiger partial charge in [0.25, 0.3) is 0 Å². The molecule has 0 atom stereocenters. The molecular formula is C12H18N4O2S. The Kier molecular flexibility index (Phi) is 4.60. The molecule has 2 aromatic heterocycles. The fourth-order valence-electron chi connectivity index (χ4n) is 1.63. The van der Waals surface area contributed by atoms with Gasteiger partial charge in [-0.05, 0) is 5.92 Å². The van der Waals surface area contributed by atoms with Crippen LogP contribution in [0.15, 0.2) is 15.9 Å². The number of hydrogen-bond donors (Lipinski definition) is 1. The van der Waals surface area contributed by atoms with Gasteiger partial charge in [0.15, 0.2) is 11.0 Å². The van der Waals surface area contributed by atoms with Crippen molar-refractivity contribution < 1.29 is 9.63 Å². The Balaban J connectivity index is 1.94. The second-order valence-corrected chi connectivity index (χ2v) is 5.68. The smallest absolute Gasteiger partial charge is 0.237 e. The third-order valence-corrected chi connectivity index (χ3v) is 3.66. The summed E-state index contributed by atoms with van der Waals surface area (Å²) in [4.78, 5) is 8.57. The minimum absolute atomic E-state index is 0.0108. The number of aliphatic hydroxyl groups is 1. The van der Waals surface area contributed by atoms with E-state index < -0.39 is 0 Å². The van der Waals surface area contributed by atoms with E-state index in [2.05, 4.69) is 29.0 Å². The Bertz CT molecular complexity index is 536. The molecular weight excluding hydrogens is 264 g/mol. The summed E-state index contributed by atoms with van der Waals surface area (Å²) in [6.07, 6.45) is 2.49. The number of aliphatic hydroxyl groups excluding tert-OH is 1.